The van der Waals surface area contributed by atoms with E-state index in [0.717, 1.165) is 0 Å². The summed E-state index contributed by atoms with van der Waals surface area (Å²) in [5, 5.41) is 7.99. The quantitative estimate of drug-likeness (QED) is 0.312. The molecule has 4 rings (SSSR count). The molecule has 10 heteroatoms. The van der Waals surface area contributed by atoms with Gasteiger partial charge in [0, 0.05) is 22.3 Å². The maximum atomic E-state index is 15.1. The fourth-order valence-corrected chi connectivity index (χ4v) is 3.46. The maximum Gasteiger partial charge on any atom is 0.249 e. The molecule has 31 heavy (non-hydrogen) atoms. The number of halogens is 5. The second-order valence-corrected chi connectivity index (χ2v) is 7.67. The van der Waals surface area contributed by atoms with Crippen molar-refractivity contribution >= 4 is 40.5 Å². The van der Waals surface area contributed by atoms with Crippen LogP contribution in [0.5, 0.6) is 11.5 Å². The summed E-state index contributed by atoms with van der Waals surface area (Å²) in [6, 6.07) is 11.6. The van der Waals surface area contributed by atoms with Crippen LogP contribution in [0.15, 0.2) is 52.9 Å². The molecule has 2 N–H and O–H groups in total. The van der Waals surface area contributed by atoms with E-state index in [9.17, 15) is 4.39 Å². The van der Waals surface area contributed by atoms with Crippen LogP contribution in [0.1, 0.15) is 11.5 Å². The zero-order valence-electron chi connectivity index (χ0n) is 15.5. The molecular formula is C21H12Cl3F2N3O2. The number of nitrogens with zero attached hydrogens (tertiary/aromatic N) is 2. The van der Waals surface area contributed by atoms with Crippen LogP contribution >= 0.6 is 34.8 Å². The van der Waals surface area contributed by atoms with Gasteiger partial charge in [-0.15, -0.1) is 10.2 Å². The Bertz CT molecular complexity index is 1260. The molecule has 5 nitrogen and oxygen atoms in total. The van der Waals surface area contributed by atoms with Gasteiger partial charge in [0.15, 0.2) is 11.6 Å². The number of hydrogen-bond acceptors (Lipinski definition) is 5. The number of rotatable bonds is 5. The van der Waals surface area contributed by atoms with Gasteiger partial charge < -0.3 is 14.9 Å². The second kappa shape index (κ2) is 8.70. The summed E-state index contributed by atoms with van der Waals surface area (Å²) in [5.41, 5.74) is 6.52. The Balaban J connectivity index is 1.62. The Hall–Kier alpha value is -2.87. The molecule has 158 valence electrons. The average molecular weight is 483 g/mol. The van der Waals surface area contributed by atoms with E-state index >= 15 is 4.39 Å². The van der Waals surface area contributed by atoms with Gasteiger partial charge in [-0.3, -0.25) is 0 Å². The standard InChI is InChI=1S/C21H12Cl3F2N3O2/c22-11-7-12(27)9-13(8-11)30-20-15(23)5-4-10(19(20)26)6-17-28-29-21(31-17)14-2-1-3-16(25)18(14)24/h1-5,7-9H,6,27H2. The third-order valence-corrected chi connectivity index (χ3v) is 5.13. The number of benzene rings is 3. The summed E-state index contributed by atoms with van der Waals surface area (Å²) in [5.74, 6) is -1.20. The molecule has 1 aromatic heterocycles. The third kappa shape index (κ3) is 4.58. The fourth-order valence-electron chi connectivity index (χ4n) is 2.83. The van der Waals surface area contributed by atoms with Crippen LogP contribution in [0.3, 0.4) is 0 Å². The Morgan fingerprint density at radius 2 is 1.81 bits per heavy atom. The highest BCUT2D eigenvalue weighted by Crippen LogP contribution is 2.36. The predicted molar refractivity (Wildman–Crippen MR) is 115 cm³/mol. The summed E-state index contributed by atoms with van der Waals surface area (Å²) in [4.78, 5) is 0. The van der Waals surface area contributed by atoms with E-state index < -0.39 is 11.6 Å². The van der Waals surface area contributed by atoms with Gasteiger partial charge in [-0.05, 0) is 30.3 Å². The summed E-state index contributed by atoms with van der Waals surface area (Å²) < 4.78 is 39.9. The van der Waals surface area contributed by atoms with Crippen molar-refractivity contribution in [3.63, 3.8) is 0 Å². The van der Waals surface area contributed by atoms with Crippen molar-refractivity contribution in [3.05, 3.63) is 86.7 Å². The SMILES string of the molecule is Nc1cc(Cl)cc(Oc2c(Cl)ccc(Cc3nnc(-c4cccc(F)c4Cl)o3)c2F)c1. The first kappa shape index (κ1) is 21.4. The van der Waals surface area contributed by atoms with E-state index in [2.05, 4.69) is 10.2 Å². The maximum absolute atomic E-state index is 15.1. The van der Waals surface area contributed by atoms with Crippen molar-refractivity contribution in [2.45, 2.75) is 6.42 Å². The van der Waals surface area contributed by atoms with E-state index in [1.807, 2.05) is 0 Å². The summed E-state index contributed by atoms with van der Waals surface area (Å²) in [7, 11) is 0. The van der Waals surface area contributed by atoms with E-state index in [-0.39, 0.29) is 50.9 Å². The molecule has 0 amide bonds. The van der Waals surface area contributed by atoms with E-state index in [0.29, 0.717) is 10.7 Å². The summed E-state index contributed by atoms with van der Waals surface area (Å²) >= 11 is 18.0. The highest BCUT2D eigenvalue weighted by Gasteiger charge is 2.19. The van der Waals surface area contributed by atoms with E-state index in [4.69, 9.17) is 49.7 Å². The molecule has 0 radical (unpaired) electrons. The predicted octanol–water partition coefficient (Wildman–Crippen LogP) is 6.94. The molecule has 0 fully saturated rings. The number of anilines is 1. The molecule has 0 aliphatic carbocycles. The van der Waals surface area contributed by atoms with Crippen molar-refractivity contribution in [3.8, 4) is 23.0 Å². The summed E-state index contributed by atoms with van der Waals surface area (Å²) in [6.07, 6.45) is -0.0585. The van der Waals surface area contributed by atoms with Crippen LogP contribution in [0, 0.1) is 11.6 Å². The van der Waals surface area contributed by atoms with Gasteiger partial charge >= 0.3 is 0 Å². The topological polar surface area (TPSA) is 74.2 Å². The molecule has 0 atom stereocenters. The number of ether oxygens (including phenoxy) is 1. The number of aromatic nitrogens is 2. The lowest BCUT2D eigenvalue weighted by molar-refractivity contribution is 0.437. The first-order chi connectivity index (χ1) is 14.8. The lowest BCUT2D eigenvalue weighted by Gasteiger charge is -2.12. The number of nitrogens with two attached hydrogens (primary N) is 1. The third-order valence-electron chi connectivity index (χ3n) is 4.23. The van der Waals surface area contributed by atoms with Crippen LogP contribution in [-0.4, -0.2) is 10.2 Å². The van der Waals surface area contributed by atoms with Crippen molar-refractivity contribution in [1.29, 1.82) is 0 Å². The molecule has 0 spiro atoms. The highest BCUT2D eigenvalue weighted by atomic mass is 35.5. The van der Waals surface area contributed by atoms with Gasteiger partial charge in [-0.1, -0.05) is 46.9 Å². The Labute approximate surface area is 190 Å². The van der Waals surface area contributed by atoms with Crippen LogP contribution in [-0.2, 0) is 6.42 Å². The first-order valence-electron chi connectivity index (χ1n) is 8.79. The van der Waals surface area contributed by atoms with Gasteiger partial charge in [0.1, 0.15) is 11.6 Å². The smallest absolute Gasteiger partial charge is 0.249 e. The van der Waals surface area contributed by atoms with Gasteiger partial charge in [0.2, 0.25) is 11.8 Å². The number of hydrogen-bond donors (Lipinski definition) is 1. The minimum absolute atomic E-state index is 0.0137. The largest absolute Gasteiger partial charge is 0.453 e. The van der Waals surface area contributed by atoms with Gasteiger partial charge in [0.05, 0.1) is 22.0 Å². The molecule has 0 bridgehead atoms. The molecule has 3 aromatic carbocycles. The molecule has 0 saturated carbocycles. The molecule has 0 saturated heterocycles. The Kier molecular flexibility index (Phi) is 6.00. The molecular weight excluding hydrogens is 471 g/mol. The second-order valence-electron chi connectivity index (χ2n) is 6.45. The average Bonchev–Trinajstić information content (AvgIpc) is 3.17. The Morgan fingerprint density at radius 3 is 2.58 bits per heavy atom. The van der Waals surface area contributed by atoms with Crippen molar-refractivity contribution < 1.29 is 17.9 Å². The monoisotopic (exact) mass is 481 g/mol. The molecule has 0 aliphatic heterocycles. The minimum atomic E-state index is -0.713. The molecule has 4 aromatic rings. The molecule has 0 aliphatic rings. The van der Waals surface area contributed by atoms with Crippen LogP contribution in [0.2, 0.25) is 15.1 Å². The van der Waals surface area contributed by atoms with Gasteiger partial charge in [0.25, 0.3) is 0 Å². The zero-order valence-corrected chi connectivity index (χ0v) is 17.8. The molecule has 1 heterocycles. The normalized spacial score (nSPS) is 11.0. The zero-order chi connectivity index (χ0) is 22.1. The fraction of sp³-hybridized carbons (Fsp3) is 0.0476. The van der Waals surface area contributed by atoms with Crippen molar-refractivity contribution in [2.75, 3.05) is 5.73 Å². The van der Waals surface area contributed by atoms with Crippen molar-refractivity contribution in [1.82, 2.24) is 10.2 Å². The van der Waals surface area contributed by atoms with Crippen LogP contribution in [0.4, 0.5) is 14.5 Å². The van der Waals surface area contributed by atoms with Crippen molar-refractivity contribution in [2.24, 2.45) is 0 Å². The molecule has 0 unspecified atom stereocenters. The van der Waals surface area contributed by atoms with E-state index in [1.54, 1.807) is 0 Å². The lowest BCUT2D eigenvalue weighted by Crippen LogP contribution is -1.98. The highest BCUT2D eigenvalue weighted by molar-refractivity contribution is 6.33. The lowest BCUT2D eigenvalue weighted by atomic mass is 10.1. The minimum Gasteiger partial charge on any atom is -0.453 e. The Morgan fingerprint density at radius 1 is 1.00 bits per heavy atom. The first-order valence-corrected chi connectivity index (χ1v) is 9.93. The van der Waals surface area contributed by atoms with Gasteiger partial charge in [-0.2, -0.15) is 0 Å². The summed E-state index contributed by atoms with van der Waals surface area (Å²) in [6.45, 7) is 0. The van der Waals surface area contributed by atoms with Crippen LogP contribution in [0.25, 0.3) is 11.5 Å². The van der Waals surface area contributed by atoms with Crippen LogP contribution < -0.4 is 10.5 Å². The number of nitrogen functional groups attached to an aromatic ring is 1. The van der Waals surface area contributed by atoms with Gasteiger partial charge in [-0.25, -0.2) is 8.78 Å². The van der Waals surface area contributed by atoms with E-state index in [1.165, 1.54) is 48.5 Å².